The zero-order valence-electron chi connectivity index (χ0n) is 16.0. The van der Waals surface area contributed by atoms with E-state index in [0.29, 0.717) is 9.92 Å². The number of imide groups is 1. The highest BCUT2D eigenvalue weighted by Crippen LogP contribution is 2.30. The number of nitrogens with zero attached hydrogens (tertiary/aromatic N) is 2. The lowest BCUT2D eigenvalue weighted by molar-refractivity contribution is -0.385. The van der Waals surface area contributed by atoms with Gasteiger partial charge in [-0.05, 0) is 30.3 Å². The first-order valence-corrected chi connectivity index (χ1v) is 9.21. The number of nitro groups is 1. The summed E-state index contributed by atoms with van der Waals surface area (Å²) in [4.78, 5) is 71.1. The smallest absolute Gasteiger partial charge is 0.326 e. The van der Waals surface area contributed by atoms with Crippen LogP contribution in [0.25, 0.3) is 0 Å². The molecule has 164 valence electrons. The van der Waals surface area contributed by atoms with Crippen LogP contribution in [0.2, 0.25) is 5.02 Å². The summed E-state index contributed by atoms with van der Waals surface area (Å²) in [5.41, 5.74) is 3.15. The Morgan fingerprint density at radius 1 is 1.03 bits per heavy atom. The van der Waals surface area contributed by atoms with Crippen molar-refractivity contribution in [3.05, 3.63) is 74.3 Å². The highest BCUT2D eigenvalue weighted by atomic mass is 35.5. The molecule has 0 spiro atoms. The predicted molar refractivity (Wildman–Crippen MR) is 106 cm³/mol. The number of benzene rings is 2. The van der Waals surface area contributed by atoms with Crippen LogP contribution < -0.4 is 10.9 Å². The van der Waals surface area contributed by atoms with Gasteiger partial charge in [0.1, 0.15) is 12.1 Å². The summed E-state index contributed by atoms with van der Waals surface area (Å²) in [6.45, 7) is -1.67. The second-order valence-electron chi connectivity index (χ2n) is 6.32. The van der Waals surface area contributed by atoms with E-state index in [9.17, 15) is 34.1 Å². The molecule has 1 heterocycles. The first-order valence-electron chi connectivity index (χ1n) is 8.83. The molecule has 0 radical (unpaired) electrons. The van der Waals surface area contributed by atoms with Crippen molar-refractivity contribution in [2.75, 3.05) is 13.2 Å². The van der Waals surface area contributed by atoms with Crippen LogP contribution in [-0.4, -0.2) is 52.6 Å². The quantitative estimate of drug-likeness (QED) is 0.277. The fourth-order valence-corrected chi connectivity index (χ4v) is 2.89. The van der Waals surface area contributed by atoms with Gasteiger partial charge in [0.15, 0.2) is 6.61 Å². The molecule has 2 aromatic carbocycles. The third-order valence-electron chi connectivity index (χ3n) is 4.25. The van der Waals surface area contributed by atoms with Gasteiger partial charge in [0, 0.05) is 16.7 Å². The summed E-state index contributed by atoms with van der Waals surface area (Å²) < 4.78 is 4.69. The molecule has 0 bridgehead atoms. The van der Waals surface area contributed by atoms with Gasteiger partial charge >= 0.3 is 5.97 Å². The van der Waals surface area contributed by atoms with Gasteiger partial charge in [-0.3, -0.25) is 49.8 Å². The van der Waals surface area contributed by atoms with Crippen molar-refractivity contribution in [1.29, 1.82) is 0 Å². The number of carbonyl (C=O) groups is 5. The highest BCUT2D eigenvalue weighted by Gasteiger charge is 2.41. The second-order valence-corrected chi connectivity index (χ2v) is 6.76. The van der Waals surface area contributed by atoms with Gasteiger partial charge in [-0.1, -0.05) is 17.7 Å². The minimum absolute atomic E-state index is 0.209. The number of fused-ring (bicyclic) bond motifs is 1. The Morgan fingerprint density at radius 2 is 1.72 bits per heavy atom. The Hall–Kier alpha value is -4.32. The zero-order chi connectivity index (χ0) is 23.4. The van der Waals surface area contributed by atoms with Crippen LogP contribution in [-0.2, 0) is 14.3 Å². The predicted octanol–water partition coefficient (Wildman–Crippen LogP) is 0.849. The standard InChI is InChI=1S/C19H13ClN4O8/c20-11-6-4-10(5-7-11)17(27)22-21-14(25)9-32-15(26)8-23-18(28)12-2-1-3-13(24(30)31)16(12)19(23)29/h1-7H,8-9H2,(H,21,25)(H,22,27). The number of carbonyl (C=O) groups excluding carboxylic acids is 5. The topological polar surface area (TPSA) is 165 Å². The summed E-state index contributed by atoms with van der Waals surface area (Å²) in [6.07, 6.45) is 0. The van der Waals surface area contributed by atoms with E-state index in [1.165, 1.54) is 36.4 Å². The highest BCUT2D eigenvalue weighted by molar-refractivity contribution is 6.30. The molecule has 1 aliphatic heterocycles. The Kier molecular flexibility index (Phi) is 6.45. The van der Waals surface area contributed by atoms with Gasteiger partial charge in [-0.2, -0.15) is 0 Å². The van der Waals surface area contributed by atoms with Crippen LogP contribution in [0.5, 0.6) is 0 Å². The van der Waals surface area contributed by atoms with Gasteiger partial charge in [-0.15, -0.1) is 0 Å². The maximum absolute atomic E-state index is 12.4. The molecule has 0 unspecified atom stereocenters. The van der Waals surface area contributed by atoms with Gasteiger partial charge in [-0.25, -0.2) is 0 Å². The molecule has 0 saturated heterocycles. The van der Waals surface area contributed by atoms with E-state index in [2.05, 4.69) is 5.43 Å². The Labute approximate surface area is 184 Å². The third kappa shape index (κ3) is 4.70. The van der Waals surface area contributed by atoms with Crippen molar-refractivity contribution in [2.24, 2.45) is 0 Å². The molecule has 1 aliphatic rings. The SMILES string of the molecule is O=C(COC(=O)CN1C(=O)c2cccc([N+](=O)[O-])c2C1=O)NNC(=O)c1ccc(Cl)cc1. The molecule has 32 heavy (non-hydrogen) atoms. The number of rotatable bonds is 6. The molecule has 0 atom stereocenters. The van der Waals surface area contributed by atoms with Crippen LogP contribution in [0, 0.1) is 10.1 Å². The van der Waals surface area contributed by atoms with E-state index >= 15 is 0 Å². The minimum Gasteiger partial charge on any atom is -0.454 e. The van der Waals surface area contributed by atoms with Crippen molar-refractivity contribution < 1.29 is 33.6 Å². The number of hydrogen-bond donors (Lipinski definition) is 2. The van der Waals surface area contributed by atoms with Crippen LogP contribution in [0.4, 0.5) is 5.69 Å². The molecule has 12 nitrogen and oxygen atoms in total. The lowest BCUT2D eigenvalue weighted by atomic mass is 10.1. The average molecular weight is 461 g/mol. The second kappa shape index (κ2) is 9.22. The molecule has 0 aliphatic carbocycles. The lowest BCUT2D eigenvalue weighted by Gasteiger charge is -2.13. The molecule has 0 aromatic heterocycles. The normalized spacial score (nSPS) is 12.2. The molecule has 0 saturated carbocycles. The number of hydrazine groups is 1. The summed E-state index contributed by atoms with van der Waals surface area (Å²) in [5.74, 6) is -4.56. The molecule has 13 heteroatoms. The largest absolute Gasteiger partial charge is 0.454 e. The summed E-state index contributed by atoms with van der Waals surface area (Å²) in [7, 11) is 0. The molecule has 0 fully saturated rings. The minimum atomic E-state index is -1.11. The van der Waals surface area contributed by atoms with E-state index < -0.39 is 58.9 Å². The first kappa shape index (κ1) is 22.4. The number of ether oxygens (including phenoxy) is 1. The van der Waals surface area contributed by atoms with Crippen molar-refractivity contribution in [3.63, 3.8) is 0 Å². The van der Waals surface area contributed by atoms with Crippen molar-refractivity contribution >= 4 is 46.9 Å². The third-order valence-corrected chi connectivity index (χ3v) is 4.50. The molecule has 4 amide bonds. The maximum atomic E-state index is 12.4. The van der Waals surface area contributed by atoms with Gasteiger partial charge in [0.05, 0.1) is 10.5 Å². The number of halogens is 1. The van der Waals surface area contributed by atoms with Crippen LogP contribution in [0.3, 0.4) is 0 Å². The van der Waals surface area contributed by atoms with E-state index in [-0.39, 0.29) is 11.1 Å². The van der Waals surface area contributed by atoms with E-state index in [0.717, 1.165) is 6.07 Å². The molecular formula is C19H13ClN4O8. The number of amides is 4. The van der Waals surface area contributed by atoms with Crippen LogP contribution in [0.1, 0.15) is 31.1 Å². The average Bonchev–Trinajstić information content (AvgIpc) is 3.01. The van der Waals surface area contributed by atoms with Gasteiger partial charge in [0.25, 0.3) is 29.3 Å². The number of nitro benzene ring substituents is 1. The summed E-state index contributed by atoms with van der Waals surface area (Å²) in [6, 6.07) is 9.35. The van der Waals surface area contributed by atoms with Gasteiger partial charge in [0.2, 0.25) is 0 Å². The molecular weight excluding hydrogens is 448 g/mol. The van der Waals surface area contributed by atoms with Crippen molar-refractivity contribution in [3.8, 4) is 0 Å². The van der Waals surface area contributed by atoms with Crippen molar-refractivity contribution in [1.82, 2.24) is 15.8 Å². The Bertz CT molecular complexity index is 1150. The number of esters is 1. The fourth-order valence-electron chi connectivity index (χ4n) is 2.77. The van der Waals surface area contributed by atoms with Crippen LogP contribution in [0.15, 0.2) is 42.5 Å². The Balaban J connectivity index is 1.51. The first-order chi connectivity index (χ1) is 15.2. The molecule has 3 rings (SSSR count). The molecule has 2 N–H and O–H groups in total. The van der Waals surface area contributed by atoms with Crippen molar-refractivity contribution in [2.45, 2.75) is 0 Å². The van der Waals surface area contributed by atoms with Crippen LogP contribution >= 0.6 is 11.6 Å². The summed E-state index contributed by atoms with van der Waals surface area (Å²) >= 11 is 5.72. The maximum Gasteiger partial charge on any atom is 0.326 e. The van der Waals surface area contributed by atoms with Gasteiger partial charge < -0.3 is 4.74 Å². The number of hydrogen-bond acceptors (Lipinski definition) is 8. The fraction of sp³-hybridized carbons (Fsp3) is 0.105. The van der Waals surface area contributed by atoms with E-state index in [4.69, 9.17) is 16.3 Å². The lowest BCUT2D eigenvalue weighted by Crippen LogP contribution is -2.44. The number of nitrogens with one attached hydrogen (secondary N) is 2. The molecule has 2 aromatic rings. The van der Waals surface area contributed by atoms with E-state index in [1.807, 2.05) is 5.43 Å². The Morgan fingerprint density at radius 3 is 2.38 bits per heavy atom. The monoisotopic (exact) mass is 460 g/mol. The summed E-state index contributed by atoms with van der Waals surface area (Å²) in [5, 5.41) is 11.5. The van der Waals surface area contributed by atoms with E-state index in [1.54, 1.807) is 0 Å². The zero-order valence-corrected chi connectivity index (χ0v) is 16.7.